The van der Waals surface area contributed by atoms with Crippen molar-refractivity contribution >= 4 is 11.9 Å². The van der Waals surface area contributed by atoms with Crippen LogP contribution in [-0.4, -0.2) is 35.2 Å². The topological polar surface area (TPSA) is 75.6 Å². The average molecular weight is 361 g/mol. The van der Waals surface area contributed by atoms with Crippen molar-refractivity contribution in [1.82, 2.24) is 5.32 Å². The fraction of sp³-hybridized carbons (Fsp3) is 0.619. The molecule has 0 bridgehead atoms. The van der Waals surface area contributed by atoms with Crippen LogP contribution in [0.4, 0.5) is 0 Å². The zero-order chi connectivity index (χ0) is 19.5. The molecule has 0 aliphatic heterocycles. The molecule has 0 radical (unpaired) electrons. The molecule has 144 valence electrons. The second-order valence-electron chi connectivity index (χ2n) is 8.09. The Labute approximate surface area is 156 Å². The van der Waals surface area contributed by atoms with Gasteiger partial charge in [-0.25, -0.2) is 4.79 Å². The number of benzene rings is 1. The van der Waals surface area contributed by atoms with Crippen LogP contribution in [0.1, 0.15) is 58.9 Å². The van der Waals surface area contributed by atoms with Crippen molar-refractivity contribution in [3.8, 4) is 0 Å². The molecule has 0 aromatic heterocycles. The highest BCUT2D eigenvalue weighted by atomic mass is 16.5. The number of hydrogen-bond donors (Lipinski definition) is 2. The Hall–Kier alpha value is -1.88. The number of aliphatic carboxylic acids is 1. The van der Waals surface area contributed by atoms with Crippen LogP contribution < -0.4 is 5.32 Å². The number of nitrogens with one attached hydrogen (secondary N) is 1. The van der Waals surface area contributed by atoms with E-state index in [1.54, 1.807) is 0 Å². The standard InChI is InChI=1S/C21H31NO4/c1-6-26-17-13-21(19(24)25,20(17,4)5)22-18(23)12-16(14(2)3)15-10-8-7-9-11-15/h7-11,14,16-17H,6,12-13H2,1-5H3,(H,22,23)(H,24,25). The Morgan fingerprint density at radius 2 is 1.88 bits per heavy atom. The van der Waals surface area contributed by atoms with Crippen LogP contribution in [0, 0.1) is 11.3 Å². The molecule has 1 amide bonds. The van der Waals surface area contributed by atoms with Crippen LogP contribution in [0.3, 0.4) is 0 Å². The van der Waals surface area contributed by atoms with E-state index >= 15 is 0 Å². The van der Waals surface area contributed by atoms with Crippen LogP contribution >= 0.6 is 0 Å². The Kier molecular flexibility index (Phi) is 6.12. The first kappa shape index (κ1) is 20.4. The van der Waals surface area contributed by atoms with E-state index in [-0.39, 0.29) is 30.3 Å². The molecule has 1 aliphatic rings. The first-order chi connectivity index (χ1) is 12.2. The summed E-state index contributed by atoms with van der Waals surface area (Å²) in [6.07, 6.45) is 0.400. The summed E-state index contributed by atoms with van der Waals surface area (Å²) in [4.78, 5) is 24.8. The molecule has 1 aliphatic carbocycles. The van der Waals surface area contributed by atoms with E-state index in [1.807, 2.05) is 51.1 Å². The third-order valence-electron chi connectivity index (χ3n) is 5.92. The molecule has 1 fully saturated rings. The second kappa shape index (κ2) is 7.78. The van der Waals surface area contributed by atoms with E-state index in [0.29, 0.717) is 13.0 Å². The van der Waals surface area contributed by atoms with E-state index < -0.39 is 16.9 Å². The molecule has 1 aromatic carbocycles. The highest BCUT2D eigenvalue weighted by Gasteiger charge is 2.66. The van der Waals surface area contributed by atoms with Gasteiger partial charge in [-0.1, -0.05) is 58.0 Å². The summed E-state index contributed by atoms with van der Waals surface area (Å²) >= 11 is 0. The third kappa shape index (κ3) is 3.63. The number of carbonyl (C=O) groups is 2. The number of carboxylic acids is 1. The van der Waals surface area contributed by atoms with Crippen molar-refractivity contribution in [2.75, 3.05) is 6.61 Å². The normalized spacial score (nSPS) is 25.4. The van der Waals surface area contributed by atoms with Crippen molar-refractivity contribution in [1.29, 1.82) is 0 Å². The van der Waals surface area contributed by atoms with Crippen molar-refractivity contribution in [2.45, 2.75) is 65.0 Å². The number of amides is 1. The monoisotopic (exact) mass is 361 g/mol. The summed E-state index contributed by atoms with van der Waals surface area (Å²) in [7, 11) is 0. The third-order valence-corrected chi connectivity index (χ3v) is 5.92. The van der Waals surface area contributed by atoms with E-state index in [9.17, 15) is 14.7 Å². The molecule has 0 heterocycles. The van der Waals surface area contributed by atoms with Gasteiger partial charge in [-0.15, -0.1) is 0 Å². The van der Waals surface area contributed by atoms with Crippen molar-refractivity contribution in [2.24, 2.45) is 11.3 Å². The number of rotatable bonds is 8. The summed E-state index contributed by atoms with van der Waals surface area (Å²) in [6, 6.07) is 9.91. The number of hydrogen-bond acceptors (Lipinski definition) is 3. The van der Waals surface area contributed by atoms with E-state index in [4.69, 9.17) is 4.74 Å². The Morgan fingerprint density at radius 1 is 1.27 bits per heavy atom. The molecule has 5 heteroatoms. The lowest BCUT2D eigenvalue weighted by Gasteiger charge is -2.58. The summed E-state index contributed by atoms with van der Waals surface area (Å²) in [6.45, 7) is 10.3. The summed E-state index contributed by atoms with van der Waals surface area (Å²) < 4.78 is 5.65. The number of ether oxygens (including phenoxy) is 1. The van der Waals surface area contributed by atoms with Crippen LogP contribution in [-0.2, 0) is 14.3 Å². The van der Waals surface area contributed by atoms with Crippen molar-refractivity contribution in [3.63, 3.8) is 0 Å². The fourth-order valence-electron chi connectivity index (χ4n) is 3.96. The van der Waals surface area contributed by atoms with Gasteiger partial charge in [-0.2, -0.15) is 0 Å². The summed E-state index contributed by atoms with van der Waals surface area (Å²) in [5, 5.41) is 12.7. The molecular weight excluding hydrogens is 330 g/mol. The minimum absolute atomic E-state index is 0.0490. The molecule has 3 atom stereocenters. The van der Waals surface area contributed by atoms with E-state index in [1.165, 1.54) is 0 Å². The van der Waals surface area contributed by atoms with Gasteiger partial charge >= 0.3 is 5.97 Å². The molecule has 1 aromatic rings. The number of carbonyl (C=O) groups excluding carboxylic acids is 1. The van der Waals surface area contributed by atoms with Gasteiger partial charge in [0.25, 0.3) is 0 Å². The van der Waals surface area contributed by atoms with Crippen LogP contribution in [0.5, 0.6) is 0 Å². The Morgan fingerprint density at radius 3 is 2.35 bits per heavy atom. The largest absolute Gasteiger partial charge is 0.479 e. The zero-order valence-corrected chi connectivity index (χ0v) is 16.4. The second-order valence-corrected chi connectivity index (χ2v) is 8.09. The van der Waals surface area contributed by atoms with Gasteiger partial charge in [0, 0.05) is 24.9 Å². The molecule has 5 nitrogen and oxygen atoms in total. The fourth-order valence-corrected chi connectivity index (χ4v) is 3.96. The Bertz CT molecular complexity index is 641. The molecule has 26 heavy (non-hydrogen) atoms. The van der Waals surface area contributed by atoms with Gasteiger partial charge in [0.15, 0.2) is 0 Å². The predicted molar refractivity (Wildman–Crippen MR) is 101 cm³/mol. The first-order valence-corrected chi connectivity index (χ1v) is 9.36. The average Bonchev–Trinajstić information content (AvgIpc) is 2.58. The first-order valence-electron chi connectivity index (χ1n) is 9.36. The van der Waals surface area contributed by atoms with Gasteiger partial charge in [0.05, 0.1) is 6.10 Å². The SMILES string of the molecule is CCOC1CC(NC(=O)CC(c2ccccc2)C(C)C)(C(=O)O)C1(C)C. The maximum absolute atomic E-state index is 12.8. The molecule has 3 unspecified atom stereocenters. The lowest BCUT2D eigenvalue weighted by atomic mass is 9.54. The maximum Gasteiger partial charge on any atom is 0.330 e. The van der Waals surface area contributed by atoms with Gasteiger partial charge in [-0.3, -0.25) is 4.79 Å². The molecular formula is C21H31NO4. The molecule has 0 spiro atoms. The van der Waals surface area contributed by atoms with Crippen molar-refractivity contribution < 1.29 is 19.4 Å². The van der Waals surface area contributed by atoms with Crippen LogP contribution in [0.2, 0.25) is 0 Å². The van der Waals surface area contributed by atoms with Gasteiger partial charge in [0.1, 0.15) is 5.54 Å². The molecule has 2 rings (SSSR count). The van der Waals surface area contributed by atoms with Crippen molar-refractivity contribution in [3.05, 3.63) is 35.9 Å². The minimum atomic E-state index is -1.28. The molecule has 2 N–H and O–H groups in total. The molecule has 1 saturated carbocycles. The lowest BCUT2D eigenvalue weighted by molar-refractivity contribution is -0.194. The minimum Gasteiger partial charge on any atom is -0.479 e. The Balaban J connectivity index is 2.15. The van der Waals surface area contributed by atoms with Crippen LogP contribution in [0.15, 0.2) is 30.3 Å². The number of carboxylic acid groups (broad SMARTS) is 1. The highest BCUT2D eigenvalue weighted by Crippen LogP contribution is 2.51. The van der Waals surface area contributed by atoms with Gasteiger partial charge in [0.2, 0.25) is 5.91 Å². The zero-order valence-electron chi connectivity index (χ0n) is 16.4. The smallest absolute Gasteiger partial charge is 0.330 e. The van der Waals surface area contributed by atoms with Gasteiger partial charge < -0.3 is 15.2 Å². The van der Waals surface area contributed by atoms with Crippen LogP contribution in [0.25, 0.3) is 0 Å². The lowest BCUT2D eigenvalue weighted by Crippen LogP contribution is -2.76. The maximum atomic E-state index is 12.8. The summed E-state index contributed by atoms with van der Waals surface area (Å²) in [5.74, 6) is -0.895. The van der Waals surface area contributed by atoms with E-state index in [0.717, 1.165) is 5.56 Å². The predicted octanol–water partition coefficient (Wildman–Crippen LogP) is 3.59. The van der Waals surface area contributed by atoms with E-state index in [2.05, 4.69) is 19.2 Å². The summed E-state index contributed by atoms with van der Waals surface area (Å²) in [5.41, 5.74) is -0.839. The molecule has 0 saturated heterocycles. The van der Waals surface area contributed by atoms with Gasteiger partial charge in [-0.05, 0) is 24.3 Å². The highest BCUT2D eigenvalue weighted by molar-refractivity contribution is 5.89. The quantitative estimate of drug-likeness (QED) is 0.742.